The van der Waals surface area contributed by atoms with Crippen molar-refractivity contribution in [2.75, 3.05) is 18.4 Å². The maximum Gasteiger partial charge on any atom is 0.236 e. The average molecular weight is 411 g/mol. The van der Waals surface area contributed by atoms with Gasteiger partial charge >= 0.3 is 0 Å². The number of piperidine rings is 1. The molecular formula is C20H22N6O2S. The van der Waals surface area contributed by atoms with E-state index in [1.165, 1.54) is 11.3 Å². The van der Waals surface area contributed by atoms with E-state index in [0.717, 1.165) is 38.6 Å². The molecule has 0 radical (unpaired) electrons. The van der Waals surface area contributed by atoms with Crippen LogP contribution in [-0.2, 0) is 11.4 Å². The molecule has 1 fully saturated rings. The molecule has 0 aromatic carbocycles. The van der Waals surface area contributed by atoms with Crippen molar-refractivity contribution >= 4 is 34.0 Å². The number of carbonyl (C=O) groups excluding carboxylic acids is 1. The molecule has 1 aliphatic rings. The summed E-state index contributed by atoms with van der Waals surface area (Å²) in [4.78, 5) is 26.9. The normalized spacial score (nSPS) is 19.3. The molecule has 3 aromatic rings. The first-order chi connectivity index (χ1) is 14.1. The van der Waals surface area contributed by atoms with Crippen molar-refractivity contribution in [1.29, 1.82) is 5.26 Å². The van der Waals surface area contributed by atoms with Gasteiger partial charge in [-0.05, 0) is 18.4 Å². The summed E-state index contributed by atoms with van der Waals surface area (Å²) in [6.07, 6.45) is 6.14. The van der Waals surface area contributed by atoms with E-state index in [2.05, 4.69) is 27.2 Å². The van der Waals surface area contributed by atoms with E-state index in [4.69, 9.17) is 5.26 Å². The Labute approximate surface area is 172 Å². The number of aromatic nitrogens is 3. The van der Waals surface area contributed by atoms with Crippen LogP contribution in [0.5, 0.6) is 0 Å². The predicted molar refractivity (Wildman–Crippen MR) is 111 cm³/mol. The summed E-state index contributed by atoms with van der Waals surface area (Å²) in [5.41, 5.74) is 2.56. The minimum absolute atomic E-state index is 0.0453. The molecule has 3 aromatic heterocycles. The standard InChI is InChI=1S/C20H22N6O2S/c1-12-6-13(10-26(9-12)17(28)2-4-21)25-18-15-3-5-22-19(15)23-8-16(18)20-24-7-14(11-27)29-20/h3,5,7-8,12-13,27H,2,6,9-11H2,1H3,(H2,22,23,25)/t12-,13+/m0/s1. The van der Waals surface area contributed by atoms with E-state index < -0.39 is 0 Å². The van der Waals surface area contributed by atoms with Crippen LogP contribution in [0.25, 0.3) is 21.6 Å². The lowest BCUT2D eigenvalue weighted by molar-refractivity contribution is -0.132. The zero-order valence-electron chi connectivity index (χ0n) is 16.1. The molecule has 1 saturated heterocycles. The number of fused-ring (bicyclic) bond motifs is 1. The van der Waals surface area contributed by atoms with Gasteiger partial charge in [0.25, 0.3) is 0 Å². The number of carbonyl (C=O) groups is 1. The smallest absolute Gasteiger partial charge is 0.236 e. The van der Waals surface area contributed by atoms with Crippen molar-refractivity contribution in [3.05, 3.63) is 29.5 Å². The lowest BCUT2D eigenvalue weighted by Crippen LogP contribution is -2.48. The van der Waals surface area contributed by atoms with Gasteiger partial charge in [0, 0.05) is 43.1 Å². The Kier molecular flexibility index (Phi) is 5.47. The van der Waals surface area contributed by atoms with Gasteiger partial charge in [-0.25, -0.2) is 9.97 Å². The number of aromatic amines is 1. The zero-order valence-corrected chi connectivity index (χ0v) is 16.9. The van der Waals surface area contributed by atoms with Crippen LogP contribution in [0.2, 0.25) is 0 Å². The lowest BCUT2D eigenvalue weighted by atomic mass is 9.95. The van der Waals surface area contributed by atoms with Crippen LogP contribution in [0.1, 0.15) is 24.6 Å². The summed E-state index contributed by atoms with van der Waals surface area (Å²) in [5.74, 6) is 0.205. The third kappa shape index (κ3) is 3.95. The molecular weight excluding hydrogens is 388 g/mol. The minimum atomic E-state index is -0.125. The molecule has 9 heteroatoms. The number of likely N-dealkylation sites (tertiary alicyclic amines) is 1. The Bertz CT molecular complexity index is 1070. The van der Waals surface area contributed by atoms with Gasteiger partial charge in [0.05, 0.1) is 28.8 Å². The van der Waals surface area contributed by atoms with Gasteiger partial charge in [0.15, 0.2) is 0 Å². The number of aliphatic hydroxyl groups excluding tert-OH is 1. The van der Waals surface area contributed by atoms with Crippen molar-refractivity contribution in [2.24, 2.45) is 5.92 Å². The summed E-state index contributed by atoms with van der Waals surface area (Å²) >= 11 is 1.43. The monoisotopic (exact) mass is 410 g/mol. The second kappa shape index (κ2) is 8.19. The van der Waals surface area contributed by atoms with Gasteiger partial charge in [-0.3, -0.25) is 4.79 Å². The van der Waals surface area contributed by atoms with Gasteiger partial charge in [-0.15, -0.1) is 11.3 Å². The SMILES string of the molecule is C[C@H]1C[C@@H](Nc2c(-c3ncc(CO)s3)cnc3[nH]ccc23)CN(C(=O)CC#N)C1. The molecule has 0 aliphatic carbocycles. The van der Waals surface area contributed by atoms with Crippen LogP contribution >= 0.6 is 11.3 Å². The molecule has 150 valence electrons. The molecule has 0 spiro atoms. The van der Waals surface area contributed by atoms with Crippen LogP contribution < -0.4 is 5.32 Å². The van der Waals surface area contributed by atoms with Gasteiger partial charge in [0.1, 0.15) is 17.1 Å². The summed E-state index contributed by atoms with van der Waals surface area (Å²) in [6, 6.07) is 3.98. The number of amides is 1. The summed E-state index contributed by atoms with van der Waals surface area (Å²) in [7, 11) is 0. The topological polar surface area (TPSA) is 118 Å². The number of nitrogens with one attached hydrogen (secondary N) is 2. The van der Waals surface area contributed by atoms with Crippen LogP contribution in [0.15, 0.2) is 24.7 Å². The van der Waals surface area contributed by atoms with Crippen molar-refractivity contribution < 1.29 is 9.90 Å². The molecule has 0 saturated carbocycles. The number of rotatable bonds is 5. The highest BCUT2D eigenvalue weighted by atomic mass is 32.1. The van der Waals surface area contributed by atoms with Crippen molar-refractivity contribution in [3.63, 3.8) is 0 Å². The number of nitrogens with zero attached hydrogens (tertiary/aromatic N) is 4. The Morgan fingerprint density at radius 3 is 3.07 bits per heavy atom. The van der Waals surface area contributed by atoms with E-state index in [0.29, 0.717) is 19.0 Å². The first-order valence-electron chi connectivity index (χ1n) is 9.52. The second-order valence-electron chi connectivity index (χ2n) is 7.39. The Balaban J connectivity index is 1.67. The Hall–Kier alpha value is -2.96. The number of pyridine rings is 1. The number of H-pyrrole nitrogens is 1. The maximum absolute atomic E-state index is 12.3. The summed E-state index contributed by atoms with van der Waals surface area (Å²) < 4.78 is 0. The van der Waals surface area contributed by atoms with Crippen LogP contribution in [0, 0.1) is 17.2 Å². The maximum atomic E-state index is 12.3. The predicted octanol–water partition coefficient (Wildman–Crippen LogP) is 2.74. The quantitative estimate of drug-likeness (QED) is 0.595. The second-order valence-corrected chi connectivity index (χ2v) is 8.51. The third-order valence-electron chi connectivity index (χ3n) is 5.12. The molecule has 1 amide bonds. The number of nitriles is 1. The highest BCUT2D eigenvalue weighted by Gasteiger charge is 2.29. The molecule has 4 rings (SSSR count). The molecule has 0 bridgehead atoms. The highest BCUT2D eigenvalue weighted by molar-refractivity contribution is 7.15. The largest absolute Gasteiger partial charge is 0.391 e. The number of hydrogen-bond acceptors (Lipinski definition) is 7. The summed E-state index contributed by atoms with van der Waals surface area (Å²) in [6.45, 7) is 3.30. The summed E-state index contributed by atoms with van der Waals surface area (Å²) in [5, 5.41) is 23.6. The van der Waals surface area contributed by atoms with Crippen LogP contribution in [0.4, 0.5) is 5.69 Å². The number of aliphatic hydroxyl groups is 1. The number of anilines is 1. The third-order valence-corrected chi connectivity index (χ3v) is 6.13. The molecule has 1 aliphatic heterocycles. The van der Waals surface area contributed by atoms with Gasteiger partial charge in [-0.1, -0.05) is 6.92 Å². The average Bonchev–Trinajstić information content (AvgIpc) is 3.37. The fraction of sp³-hybridized carbons (Fsp3) is 0.400. The first kappa shape index (κ1) is 19.4. The van der Waals surface area contributed by atoms with E-state index in [9.17, 15) is 9.90 Å². The highest BCUT2D eigenvalue weighted by Crippen LogP contribution is 2.36. The fourth-order valence-corrected chi connectivity index (χ4v) is 4.66. The first-order valence-corrected chi connectivity index (χ1v) is 10.3. The zero-order chi connectivity index (χ0) is 20.4. The lowest BCUT2D eigenvalue weighted by Gasteiger charge is -2.37. The van der Waals surface area contributed by atoms with Gasteiger partial charge < -0.3 is 20.3 Å². The number of hydrogen-bond donors (Lipinski definition) is 3. The molecule has 4 heterocycles. The van der Waals surface area contributed by atoms with Gasteiger partial charge in [-0.2, -0.15) is 5.26 Å². The van der Waals surface area contributed by atoms with Crippen molar-refractivity contribution in [2.45, 2.75) is 32.4 Å². The Morgan fingerprint density at radius 1 is 1.45 bits per heavy atom. The van der Waals surface area contributed by atoms with Gasteiger partial charge in [0.2, 0.25) is 5.91 Å². The number of thiazole rings is 1. The molecule has 8 nitrogen and oxygen atoms in total. The van der Waals surface area contributed by atoms with Crippen molar-refractivity contribution in [3.8, 4) is 16.6 Å². The van der Waals surface area contributed by atoms with E-state index in [1.54, 1.807) is 17.3 Å². The molecule has 29 heavy (non-hydrogen) atoms. The van der Waals surface area contributed by atoms with Crippen molar-refractivity contribution in [1.82, 2.24) is 19.9 Å². The van der Waals surface area contributed by atoms with E-state index in [-0.39, 0.29) is 25.0 Å². The molecule has 3 N–H and O–H groups in total. The Morgan fingerprint density at radius 2 is 2.31 bits per heavy atom. The van der Waals surface area contributed by atoms with Crippen LogP contribution in [-0.4, -0.2) is 50.0 Å². The van der Waals surface area contributed by atoms with E-state index >= 15 is 0 Å². The van der Waals surface area contributed by atoms with E-state index in [1.807, 2.05) is 18.3 Å². The minimum Gasteiger partial charge on any atom is -0.391 e. The fourth-order valence-electron chi connectivity index (χ4n) is 3.87. The molecule has 2 atom stereocenters. The van der Waals surface area contributed by atoms with Crippen LogP contribution in [0.3, 0.4) is 0 Å². The molecule has 0 unspecified atom stereocenters.